The predicted octanol–water partition coefficient (Wildman–Crippen LogP) is 0.219. The van der Waals surface area contributed by atoms with Crippen LogP contribution in [0.2, 0.25) is 0 Å². The van der Waals surface area contributed by atoms with Crippen molar-refractivity contribution in [2.24, 2.45) is 0 Å². The van der Waals surface area contributed by atoms with Gasteiger partial charge in [0.25, 0.3) is 0 Å². The number of carbonyl (C=O) groups excluding carboxylic acids is 1. The second-order valence-corrected chi connectivity index (χ2v) is 0.539. The molecule has 0 saturated heterocycles. The van der Waals surface area contributed by atoms with E-state index in [1.54, 1.807) is 0 Å². The van der Waals surface area contributed by atoms with E-state index < -0.39 is 0 Å². The second-order valence-electron chi connectivity index (χ2n) is 0.539. The molecule has 6 heavy (non-hydrogen) atoms. The zero-order valence-electron chi connectivity index (χ0n) is 3.48. The van der Waals surface area contributed by atoms with Crippen molar-refractivity contribution >= 4 is 5.78 Å². The molecular formula is C3H4OY2-2. The summed E-state index contributed by atoms with van der Waals surface area (Å²) in [7, 11) is 0. The fourth-order valence-corrected chi connectivity index (χ4v) is 0. The Morgan fingerprint density at radius 1 is 1.17 bits per heavy atom. The molecule has 0 unspecified atom stereocenters. The van der Waals surface area contributed by atoms with Gasteiger partial charge in [0.15, 0.2) is 0 Å². The largest absolute Gasteiger partial charge is 0.370 e. The molecular weight excluding hydrogens is 230 g/mol. The summed E-state index contributed by atoms with van der Waals surface area (Å²) in [6.07, 6.45) is 0. The molecule has 1 nitrogen and oxygen atoms in total. The summed E-state index contributed by atoms with van der Waals surface area (Å²) < 4.78 is 0. The molecule has 3 heteroatoms. The molecule has 2 radical (unpaired) electrons. The molecule has 30 valence electrons. The van der Waals surface area contributed by atoms with Crippen molar-refractivity contribution in [1.29, 1.82) is 0 Å². The Balaban J connectivity index is -0.0000000450. The van der Waals surface area contributed by atoms with Crippen LogP contribution in [0, 0.1) is 13.8 Å². The van der Waals surface area contributed by atoms with Gasteiger partial charge >= 0.3 is 0 Å². The summed E-state index contributed by atoms with van der Waals surface area (Å²) in [4.78, 5) is 9.22. The van der Waals surface area contributed by atoms with Crippen LogP contribution in [-0.4, -0.2) is 5.78 Å². The zero-order chi connectivity index (χ0) is 3.58. The van der Waals surface area contributed by atoms with Gasteiger partial charge in [0, 0.05) is 65.4 Å². The number of Topliss-reactive ketones (excluding diaryl/α,β-unsaturated/α-hetero) is 1. The third-order valence-corrected chi connectivity index (χ3v) is 0. The molecule has 0 heterocycles. The maximum Gasteiger partial charge on any atom is 0 e. The van der Waals surface area contributed by atoms with Gasteiger partial charge in [0.2, 0.25) is 0 Å². The van der Waals surface area contributed by atoms with Crippen molar-refractivity contribution in [1.82, 2.24) is 0 Å². The Hall–Kier alpha value is 1.62. The van der Waals surface area contributed by atoms with Crippen LogP contribution in [0.1, 0.15) is 0 Å². The number of rotatable bonds is 0. The van der Waals surface area contributed by atoms with Gasteiger partial charge in [-0.2, -0.15) is 0 Å². The Morgan fingerprint density at radius 2 is 1.17 bits per heavy atom. The van der Waals surface area contributed by atoms with Crippen LogP contribution in [0.5, 0.6) is 0 Å². The molecule has 0 bridgehead atoms. The molecule has 0 atom stereocenters. The SMILES string of the molecule is [CH2-]C([CH2-])=O.[Y].[Y]. The predicted molar refractivity (Wildman–Crippen MR) is 15.7 cm³/mol. The first-order valence-corrected chi connectivity index (χ1v) is 0.911. The summed E-state index contributed by atoms with van der Waals surface area (Å²) in [5.41, 5.74) is 0. The van der Waals surface area contributed by atoms with E-state index >= 15 is 0 Å². The van der Waals surface area contributed by atoms with Crippen molar-refractivity contribution in [3.05, 3.63) is 13.8 Å². The van der Waals surface area contributed by atoms with Crippen molar-refractivity contribution in [3.63, 3.8) is 0 Å². The Morgan fingerprint density at radius 3 is 1.17 bits per heavy atom. The molecule has 0 amide bonds. The maximum absolute atomic E-state index is 9.22. The van der Waals surface area contributed by atoms with Gasteiger partial charge in [-0.1, -0.05) is 0 Å². The Kier molecular flexibility index (Phi) is 25.5. The van der Waals surface area contributed by atoms with Crippen LogP contribution < -0.4 is 0 Å². The topological polar surface area (TPSA) is 17.1 Å². The van der Waals surface area contributed by atoms with E-state index in [9.17, 15) is 4.79 Å². The quantitative estimate of drug-likeness (QED) is 0.548. The average Bonchev–Trinajstić information content (AvgIpc) is 0.811. The van der Waals surface area contributed by atoms with Gasteiger partial charge < -0.3 is 18.6 Å². The minimum atomic E-state index is -0.333. The summed E-state index contributed by atoms with van der Waals surface area (Å²) in [5, 5.41) is 0. The minimum Gasteiger partial charge on any atom is -0.370 e. The van der Waals surface area contributed by atoms with Gasteiger partial charge in [-0.3, -0.25) is 0 Å². The molecule has 0 fully saturated rings. The first-order valence-electron chi connectivity index (χ1n) is 0.911. The first-order chi connectivity index (χ1) is 1.73. The average molecular weight is 234 g/mol. The van der Waals surface area contributed by atoms with E-state index in [0.717, 1.165) is 0 Å². The van der Waals surface area contributed by atoms with E-state index in [1.165, 1.54) is 0 Å². The third-order valence-electron chi connectivity index (χ3n) is 0. The summed E-state index contributed by atoms with van der Waals surface area (Å²) in [6, 6.07) is 0. The van der Waals surface area contributed by atoms with E-state index in [-0.39, 0.29) is 71.2 Å². The van der Waals surface area contributed by atoms with E-state index in [0.29, 0.717) is 0 Å². The smallest absolute Gasteiger partial charge is 0 e. The maximum atomic E-state index is 9.22. The summed E-state index contributed by atoms with van der Waals surface area (Å²) in [6.45, 7) is 5.78. The normalized spacial score (nSPS) is 4.00. The number of hydrogen-bond donors (Lipinski definition) is 0. The van der Waals surface area contributed by atoms with Crippen molar-refractivity contribution in [2.45, 2.75) is 0 Å². The number of hydrogen-bond acceptors (Lipinski definition) is 1. The fourth-order valence-electron chi connectivity index (χ4n) is 0. The first kappa shape index (κ1) is 15.6. The molecule has 0 aliphatic heterocycles. The summed E-state index contributed by atoms with van der Waals surface area (Å²) in [5.74, 6) is -0.333. The van der Waals surface area contributed by atoms with E-state index in [4.69, 9.17) is 0 Å². The van der Waals surface area contributed by atoms with Crippen molar-refractivity contribution < 1.29 is 70.2 Å². The minimum absolute atomic E-state index is 0. The molecule has 0 aliphatic rings. The van der Waals surface area contributed by atoms with Gasteiger partial charge in [0.05, 0.1) is 0 Å². The second kappa shape index (κ2) is 9.79. The molecule has 0 aromatic heterocycles. The zero-order valence-corrected chi connectivity index (χ0v) is 9.15. The monoisotopic (exact) mass is 234 g/mol. The van der Waals surface area contributed by atoms with Gasteiger partial charge in [0.1, 0.15) is 0 Å². The van der Waals surface area contributed by atoms with E-state index in [2.05, 4.69) is 13.8 Å². The van der Waals surface area contributed by atoms with Crippen LogP contribution in [0.4, 0.5) is 0 Å². The van der Waals surface area contributed by atoms with Crippen LogP contribution in [-0.2, 0) is 70.2 Å². The molecule has 0 aliphatic carbocycles. The Labute approximate surface area is 88.4 Å². The van der Waals surface area contributed by atoms with Crippen molar-refractivity contribution in [2.75, 3.05) is 0 Å². The molecule has 0 spiro atoms. The van der Waals surface area contributed by atoms with Crippen molar-refractivity contribution in [3.8, 4) is 0 Å². The van der Waals surface area contributed by atoms with Crippen LogP contribution in [0.3, 0.4) is 0 Å². The molecule has 0 N–H and O–H groups in total. The molecule has 0 aromatic rings. The van der Waals surface area contributed by atoms with Gasteiger partial charge in [-0.05, 0) is 0 Å². The molecule has 0 rings (SSSR count). The van der Waals surface area contributed by atoms with Gasteiger partial charge in [-0.25, -0.2) is 0 Å². The Bertz CT molecular complexity index is 31.8. The van der Waals surface area contributed by atoms with Crippen LogP contribution in [0.25, 0.3) is 0 Å². The molecule has 0 saturated carbocycles. The summed E-state index contributed by atoms with van der Waals surface area (Å²) >= 11 is 0. The number of carbonyl (C=O) groups is 1. The van der Waals surface area contributed by atoms with Crippen LogP contribution >= 0.6 is 0 Å². The molecule has 0 aromatic carbocycles. The van der Waals surface area contributed by atoms with Gasteiger partial charge in [-0.15, -0.1) is 5.78 Å². The fraction of sp³-hybridized carbons (Fsp3) is 0. The van der Waals surface area contributed by atoms with Crippen LogP contribution in [0.15, 0.2) is 0 Å². The third kappa shape index (κ3) is 45.8. The van der Waals surface area contributed by atoms with E-state index in [1.807, 2.05) is 0 Å². The number of ketones is 1. The standard InChI is InChI=1S/C3H4O.2Y/c1-3(2)4;;/h1-2H2;;/q-2;;.